The molecule has 1 saturated heterocycles. The van der Waals surface area contributed by atoms with Crippen LogP contribution < -0.4 is 0 Å². The number of nitrogens with zero attached hydrogens (tertiary/aromatic N) is 2. The Kier molecular flexibility index (Phi) is 3.63. The molecule has 1 aromatic heterocycles. The van der Waals surface area contributed by atoms with E-state index in [0.29, 0.717) is 24.6 Å². The van der Waals surface area contributed by atoms with Gasteiger partial charge in [-0.25, -0.2) is 4.98 Å². The Labute approximate surface area is 145 Å². The summed E-state index contributed by atoms with van der Waals surface area (Å²) < 4.78 is 5.67. The van der Waals surface area contributed by atoms with Crippen LogP contribution in [0, 0.1) is 18.3 Å². The van der Waals surface area contributed by atoms with Crippen molar-refractivity contribution in [3.63, 3.8) is 0 Å². The van der Waals surface area contributed by atoms with Crippen LogP contribution in [0.3, 0.4) is 0 Å². The van der Waals surface area contributed by atoms with Crippen molar-refractivity contribution in [2.24, 2.45) is 11.3 Å². The lowest BCUT2D eigenvalue weighted by Gasteiger charge is -2.23. The Morgan fingerprint density at radius 2 is 2.08 bits per heavy atom. The topological polar surface area (TPSA) is 83.6 Å². The Morgan fingerprint density at radius 1 is 1.32 bits per heavy atom. The molecule has 1 amide bonds. The van der Waals surface area contributed by atoms with Crippen molar-refractivity contribution in [2.75, 3.05) is 13.1 Å². The first-order chi connectivity index (χ1) is 12.0. The molecule has 1 aliphatic carbocycles. The summed E-state index contributed by atoms with van der Waals surface area (Å²) in [7, 11) is 0. The fourth-order valence-corrected chi connectivity index (χ4v) is 4.24. The molecule has 6 heteroatoms. The third-order valence-corrected chi connectivity index (χ3v) is 5.60. The van der Waals surface area contributed by atoms with Crippen molar-refractivity contribution in [3.05, 3.63) is 41.8 Å². The number of aromatic nitrogens is 1. The van der Waals surface area contributed by atoms with E-state index in [4.69, 9.17) is 4.42 Å². The molecule has 4 rings (SSSR count). The van der Waals surface area contributed by atoms with Crippen LogP contribution in [0.4, 0.5) is 0 Å². The number of carbonyl (C=O) groups is 2. The van der Waals surface area contributed by atoms with Crippen LogP contribution in [-0.4, -0.2) is 40.0 Å². The number of carbonyl (C=O) groups excluding carboxylic acids is 1. The molecule has 2 fully saturated rings. The normalized spacial score (nSPS) is 25.2. The predicted molar refractivity (Wildman–Crippen MR) is 90.0 cm³/mol. The van der Waals surface area contributed by atoms with Crippen molar-refractivity contribution >= 4 is 11.9 Å². The van der Waals surface area contributed by atoms with Gasteiger partial charge in [0.2, 0.25) is 5.89 Å². The summed E-state index contributed by atoms with van der Waals surface area (Å²) in [5.41, 5.74) is 0.305. The Morgan fingerprint density at radius 3 is 2.76 bits per heavy atom. The number of fused-ring (bicyclic) bond motifs is 1. The van der Waals surface area contributed by atoms with E-state index in [2.05, 4.69) is 4.98 Å². The van der Waals surface area contributed by atoms with Gasteiger partial charge in [0, 0.05) is 18.7 Å². The molecule has 130 valence electrons. The molecule has 1 aromatic carbocycles. The number of carboxylic acid groups (broad SMARTS) is 1. The van der Waals surface area contributed by atoms with Crippen LogP contribution in [0.5, 0.6) is 0 Å². The van der Waals surface area contributed by atoms with E-state index >= 15 is 0 Å². The lowest BCUT2D eigenvalue weighted by molar-refractivity contribution is -0.149. The quantitative estimate of drug-likeness (QED) is 0.928. The van der Waals surface area contributed by atoms with E-state index in [1.165, 1.54) is 0 Å². The standard InChI is InChI=1S/C19H20N2O4/c1-12-15(20-16(25-12)13-6-3-2-4-7-13)17(22)21-10-14-8-5-9-19(14,11-21)18(23)24/h2-4,6-7,14H,5,8-11H2,1H3,(H,23,24)/t14-,19+/m0/s1. The highest BCUT2D eigenvalue weighted by molar-refractivity contribution is 5.94. The fraction of sp³-hybridized carbons (Fsp3) is 0.421. The van der Waals surface area contributed by atoms with Gasteiger partial charge in [0.1, 0.15) is 5.76 Å². The number of aryl methyl sites for hydroxylation is 1. The number of amides is 1. The maximum atomic E-state index is 12.9. The minimum absolute atomic E-state index is 0.0368. The number of rotatable bonds is 3. The van der Waals surface area contributed by atoms with Crippen LogP contribution in [-0.2, 0) is 4.79 Å². The molecule has 0 bridgehead atoms. The maximum Gasteiger partial charge on any atom is 0.311 e. The molecule has 2 heterocycles. The van der Waals surface area contributed by atoms with Crippen LogP contribution in [0.2, 0.25) is 0 Å². The van der Waals surface area contributed by atoms with Crippen molar-refractivity contribution < 1.29 is 19.1 Å². The van der Waals surface area contributed by atoms with E-state index in [1.807, 2.05) is 30.3 Å². The number of carboxylic acids is 1. The van der Waals surface area contributed by atoms with Crippen LogP contribution in [0.1, 0.15) is 35.5 Å². The first kappa shape index (κ1) is 15.9. The zero-order chi connectivity index (χ0) is 17.6. The molecule has 2 aliphatic rings. The van der Waals surface area contributed by atoms with E-state index in [0.717, 1.165) is 18.4 Å². The highest BCUT2D eigenvalue weighted by atomic mass is 16.4. The second-order valence-electron chi connectivity index (χ2n) is 7.03. The van der Waals surface area contributed by atoms with Crippen molar-refractivity contribution in [1.82, 2.24) is 9.88 Å². The highest BCUT2D eigenvalue weighted by Gasteiger charge is 2.56. The smallest absolute Gasteiger partial charge is 0.311 e. The summed E-state index contributed by atoms with van der Waals surface area (Å²) in [6.07, 6.45) is 2.42. The molecule has 2 atom stereocenters. The van der Waals surface area contributed by atoms with Gasteiger partial charge in [-0.15, -0.1) is 0 Å². The molecule has 0 spiro atoms. The summed E-state index contributed by atoms with van der Waals surface area (Å²) in [6.45, 7) is 2.47. The molecule has 25 heavy (non-hydrogen) atoms. The number of hydrogen-bond acceptors (Lipinski definition) is 4. The molecule has 0 radical (unpaired) electrons. The second-order valence-corrected chi connectivity index (χ2v) is 7.03. The molecule has 1 saturated carbocycles. The van der Waals surface area contributed by atoms with E-state index in [-0.39, 0.29) is 24.1 Å². The van der Waals surface area contributed by atoms with Gasteiger partial charge in [0.05, 0.1) is 5.41 Å². The molecule has 2 aromatic rings. The zero-order valence-corrected chi connectivity index (χ0v) is 14.1. The fourth-order valence-electron chi connectivity index (χ4n) is 4.24. The Balaban J connectivity index is 1.60. The summed E-state index contributed by atoms with van der Waals surface area (Å²) in [5, 5.41) is 9.68. The van der Waals surface area contributed by atoms with Crippen LogP contribution >= 0.6 is 0 Å². The Hall–Kier alpha value is -2.63. The minimum atomic E-state index is -0.785. The SMILES string of the molecule is Cc1oc(-c2ccccc2)nc1C(=O)N1C[C@@H]2CCC[C@@]2(C(=O)O)C1. The largest absolute Gasteiger partial charge is 0.481 e. The second kappa shape index (κ2) is 5.72. The monoisotopic (exact) mass is 340 g/mol. The van der Waals surface area contributed by atoms with Gasteiger partial charge in [-0.05, 0) is 37.8 Å². The lowest BCUT2D eigenvalue weighted by atomic mass is 9.81. The van der Waals surface area contributed by atoms with Crippen LogP contribution in [0.15, 0.2) is 34.7 Å². The summed E-state index contributed by atoms with van der Waals surface area (Å²) in [5.74, 6) is -0.112. The lowest BCUT2D eigenvalue weighted by Crippen LogP contribution is -2.37. The third-order valence-electron chi connectivity index (χ3n) is 5.60. The molecule has 1 aliphatic heterocycles. The third kappa shape index (κ3) is 2.44. The van der Waals surface area contributed by atoms with Gasteiger partial charge in [0.25, 0.3) is 5.91 Å². The maximum absolute atomic E-state index is 12.9. The number of hydrogen-bond donors (Lipinski definition) is 1. The summed E-state index contributed by atoms with van der Waals surface area (Å²) in [4.78, 5) is 30.7. The minimum Gasteiger partial charge on any atom is -0.481 e. The average molecular weight is 340 g/mol. The number of aliphatic carboxylic acids is 1. The predicted octanol–water partition coefficient (Wildman–Crippen LogP) is 2.98. The molecule has 6 nitrogen and oxygen atoms in total. The first-order valence-electron chi connectivity index (χ1n) is 8.57. The molecule has 0 unspecified atom stereocenters. The van der Waals surface area contributed by atoms with E-state index in [9.17, 15) is 14.7 Å². The molecular weight excluding hydrogens is 320 g/mol. The van der Waals surface area contributed by atoms with Crippen molar-refractivity contribution in [3.8, 4) is 11.5 Å². The molecular formula is C19H20N2O4. The summed E-state index contributed by atoms with van der Waals surface area (Å²) in [6, 6.07) is 9.42. The highest BCUT2D eigenvalue weighted by Crippen LogP contribution is 2.49. The van der Waals surface area contributed by atoms with Gasteiger partial charge < -0.3 is 14.4 Å². The number of oxazole rings is 1. The van der Waals surface area contributed by atoms with Gasteiger partial charge >= 0.3 is 5.97 Å². The zero-order valence-electron chi connectivity index (χ0n) is 14.1. The molecule has 1 N–H and O–H groups in total. The van der Waals surface area contributed by atoms with Gasteiger partial charge in [-0.3, -0.25) is 9.59 Å². The summed E-state index contributed by atoms with van der Waals surface area (Å²) >= 11 is 0. The van der Waals surface area contributed by atoms with Gasteiger partial charge in [0.15, 0.2) is 5.69 Å². The number of benzene rings is 1. The van der Waals surface area contributed by atoms with Gasteiger partial charge in [-0.2, -0.15) is 0 Å². The van der Waals surface area contributed by atoms with E-state index in [1.54, 1.807) is 11.8 Å². The van der Waals surface area contributed by atoms with Gasteiger partial charge in [-0.1, -0.05) is 24.6 Å². The van der Waals surface area contributed by atoms with E-state index < -0.39 is 11.4 Å². The van der Waals surface area contributed by atoms with Crippen molar-refractivity contribution in [2.45, 2.75) is 26.2 Å². The average Bonchev–Trinajstić information content (AvgIpc) is 3.27. The van der Waals surface area contributed by atoms with Crippen molar-refractivity contribution in [1.29, 1.82) is 0 Å². The van der Waals surface area contributed by atoms with Crippen LogP contribution in [0.25, 0.3) is 11.5 Å². The first-order valence-corrected chi connectivity index (χ1v) is 8.57. The Bertz CT molecular complexity index is 829. The number of likely N-dealkylation sites (tertiary alicyclic amines) is 1.